The van der Waals surface area contributed by atoms with Gasteiger partial charge in [0.1, 0.15) is 11.5 Å². The van der Waals surface area contributed by atoms with Crippen molar-refractivity contribution in [2.45, 2.75) is 11.3 Å². The van der Waals surface area contributed by atoms with Crippen molar-refractivity contribution in [3.8, 4) is 11.5 Å². The first kappa shape index (κ1) is 13.0. The number of ether oxygens (including phenoxy) is 1. The van der Waals surface area contributed by atoms with Crippen LogP contribution in [0.1, 0.15) is 5.56 Å². The third-order valence-corrected chi connectivity index (χ3v) is 3.40. The van der Waals surface area contributed by atoms with Crippen LogP contribution >= 0.6 is 11.8 Å². The Morgan fingerprint density at radius 3 is 2.00 bits per heavy atom. The molecule has 0 amide bonds. The van der Waals surface area contributed by atoms with E-state index in [0.29, 0.717) is 6.54 Å². The zero-order valence-electron chi connectivity index (χ0n) is 10.4. The molecule has 2 nitrogen and oxygen atoms in total. The van der Waals surface area contributed by atoms with Crippen molar-refractivity contribution in [2.24, 2.45) is 5.73 Å². The minimum Gasteiger partial charge on any atom is -0.457 e. The van der Waals surface area contributed by atoms with Gasteiger partial charge in [0.2, 0.25) is 0 Å². The molecule has 0 saturated carbocycles. The van der Waals surface area contributed by atoms with Crippen LogP contribution in [-0.2, 0) is 6.42 Å². The largest absolute Gasteiger partial charge is 0.457 e. The number of hydrogen-bond donors (Lipinski definition) is 1. The fourth-order valence-corrected chi connectivity index (χ4v) is 2.08. The summed E-state index contributed by atoms with van der Waals surface area (Å²) in [5.74, 6) is 1.71. The van der Waals surface area contributed by atoms with Crippen molar-refractivity contribution in [2.75, 3.05) is 12.8 Å². The Labute approximate surface area is 112 Å². The first-order chi connectivity index (χ1) is 8.81. The molecule has 18 heavy (non-hydrogen) atoms. The molecule has 2 aromatic rings. The minimum atomic E-state index is 0.677. The lowest BCUT2D eigenvalue weighted by Gasteiger charge is -2.07. The summed E-state index contributed by atoms with van der Waals surface area (Å²) in [5, 5.41) is 0. The molecule has 0 aromatic heterocycles. The van der Waals surface area contributed by atoms with Gasteiger partial charge in [0.05, 0.1) is 0 Å². The Balaban J connectivity index is 2.03. The number of hydrogen-bond acceptors (Lipinski definition) is 3. The van der Waals surface area contributed by atoms with Gasteiger partial charge in [0.15, 0.2) is 0 Å². The first-order valence-corrected chi connectivity index (χ1v) is 7.15. The van der Waals surface area contributed by atoms with Gasteiger partial charge in [-0.3, -0.25) is 0 Å². The van der Waals surface area contributed by atoms with E-state index in [-0.39, 0.29) is 0 Å². The van der Waals surface area contributed by atoms with Crippen molar-refractivity contribution in [1.82, 2.24) is 0 Å². The fraction of sp³-hybridized carbons (Fsp3) is 0.200. The maximum absolute atomic E-state index is 5.77. The van der Waals surface area contributed by atoms with E-state index in [0.717, 1.165) is 17.9 Å². The van der Waals surface area contributed by atoms with Crippen molar-refractivity contribution < 1.29 is 4.74 Å². The molecule has 0 heterocycles. The molecular formula is C15H17NOS. The van der Waals surface area contributed by atoms with Crippen LogP contribution in [0.2, 0.25) is 0 Å². The maximum atomic E-state index is 5.77. The summed E-state index contributed by atoms with van der Waals surface area (Å²) in [6.07, 6.45) is 2.97. The Hall–Kier alpha value is -1.45. The molecule has 2 rings (SSSR count). The van der Waals surface area contributed by atoms with Crippen LogP contribution in [0.25, 0.3) is 0 Å². The lowest BCUT2D eigenvalue weighted by Crippen LogP contribution is -2.02. The lowest BCUT2D eigenvalue weighted by molar-refractivity contribution is 0.482. The van der Waals surface area contributed by atoms with Gasteiger partial charge in [-0.15, -0.1) is 11.8 Å². The Morgan fingerprint density at radius 1 is 0.944 bits per heavy atom. The van der Waals surface area contributed by atoms with Gasteiger partial charge < -0.3 is 10.5 Å². The zero-order chi connectivity index (χ0) is 12.8. The molecule has 0 aliphatic heterocycles. The average Bonchev–Trinajstić information content (AvgIpc) is 2.42. The summed E-state index contributed by atoms with van der Waals surface area (Å²) >= 11 is 1.72. The molecule has 0 aliphatic carbocycles. The van der Waals surface area contributed by atoms with Gasteiger partial charge in [0.25, 0.3) is 0 Å². The van der Waals surface area contributed by atoms with Crippen LogP contribution in [-0.4, -0.2) is 12.8 Å². The van der Waals surface area contributed by atoms with Crippen LogP contribution in [0, 0.1) is 0 Å². The molecule has 2 aromatic carbocycles. The van der Waals surface area contributed by atoms with Gasteiger partial charge in [-0.05, 0) is 61.2 Å². The highest BCUT2D eigenvalue weighted by atomic mass is 32.2. The summed E-state index contributed by atoms with van der Waals surface area (Å²) in [4.78, 5) is 1.24. The lowest BCUT2D eigenvalue weighted by atomic mass is 10.1. The summed E-state index contributed by atoms with van der Waals surface area (Å²) in [6, 6.07) is 16.2. The van der Waals surface area contributed by atoms with Gasteiger partial charge in [-0.25, -0.2) is 0 Å². The summed E-state index contributed by atoms with van der Waals surface area (Å²) in [6.45, 7) is 0.677. The van der Waals surface area contributed by atoms with Crippen LogP contribution in [0.15, 0.2) is 53.4 Å². The Kier molecular flexibility index (Phi) is 4.67. The number of nitrogens with two attached hydrogens (primary N) is 1. The minimum absolute atomic E-state index is 0.677. The van der Waals surface area contributed by atoms with Gasteiger partial charge >= 0.3 is 0 Å². The number of benzene rings is 2. The predicted octanol–water partition coefficient (Wildman–Crippen LogP) is 3.70. The van der Waals surface area contributed by atoms with Crippen molar-refractivity contribution in [1.29, 1.82) is 0 Å². The molecule has 0 unspecified atom stereocenters. The zero-order valence-corrected chi connectivity index (χ0v) is 11.2. The topological polar surface area (TPSA) is 35.2 Å². The quantitative estimate of drug-likeness (QED) is 0.831. The molecule has 0 fully saturated rings. The second-order valence-corrected chi connectivity index (χ2v) is 4.84. The Bertz CT molecular complexity index is 479. The molecule has 0 bridgehead atoms. The predicted molar refractivity (Wildman–Crippen MR) is 77.5 cm³/mol. The molecule has 3 heteroatoms. The number of thioether (sulfide) groups is 1. The van der Waals surface area contributed by atoms with E-state index in [1.807, 2.05) is 24.3 Å². The molecule has 0 spiro atoms. The van der Waals surface area contributed by atoms with Crippen molar-refractivity contribution in [3.05, 3.63) is 54.1 Å². The van der Waals surface area contributed by atoms with E-state index >= 15 is 0 Å². The molecule has 0 aliphatic rings. The van der Waals surface area contributed by atoms with Crippen LogP contribution in [0.3, 0.4) is 0 Å². The second kappa shape index (κ2) is 6.47. The van der Waals surface area contributed by atoms with Crippen LogP contribution in [0.5, 0.6) is 11.5 Å². The SMILES string of the molecule is CSc1ccc(Oc2ccc(CCN)cc2)cc1. The molecular weight excluding hydrogens is 242 g/mol. The molecule has 0 saturated heterocycles. The van der Waals surface area contributed by atoms with Crippen LogP contribution in [0.4, 0.5) is 0 Å². The molecule has 94 valence electrons. The smallest absolute Gasteiger partial charge is 0.127 e. The van der Waals surface area contributed by atoms with E-state index in [1.54, 1.807) is 11.8 Å². The van der Waals surface area contributed by atoms with E-state index in [2.05, 4.69) is 30.5 Å². The third kappa shape index (κ3) is 3.52. The average molecular weight is 259 g/mol. The van der Waals surface area contributed by atoms with Crippen molar-refractivity contribution >= 4 is 11.8 Å². The second-order valence-electron chi connectivity index (χ2n) is 3.96. The normalized spacial score (nSPS) is 10.3. The van der Waals surface area contributed by atoms with Gasteiger partial charge in [0, 0.05) is 4.90 Å². The van der Waals surface area contributed by atoms with Crippen molar-refractivity contribution in [3.63, 3.8) is 0 Å². The first-order valence-electron chi connectivity index (χ1n) is 5.93. The molecule has 0 atom stereocenters. The van der Waals surface area contributed by atoms with E-state index < -0.39 is 0 Å². The summed E-state index contributed by atoms with van der Waals surface area (Å²) < 4.78 is 5.77. The van der Waals surface area contributed by atoms with E-state index in [1.165, 1.54) is 10.5 Å². The monoisotopic (exact) mass is 259 g/mol. The fourth-order valence-electron chi connectivity index (χ4n) is 1.67. The summed E-state index contributed by atoms with van der Waals surface area (Å²) in [5.41, 5.74) is 6.75. The highest BCUT2D eigenvalue weighted by Gasteiger charge is 1.98. The van der Waals surface area contributed by atoms with Crippen LogP contribution < -0.4 is 10.5 Å². The van der Waals surface area contributed by atoms with Gasteiger partial charge in [-0.2, -0.15) is 0 Å². The third-order valence-electron chi connectivity index (χ3n) is 2.65. The Morgan fingerprint density at radius 2 is 1.50 bits per heavy atom. The van der Waals surface area contributed by atoms with Gasteiger partial charge in [-0.1, -0.05) is 12.1 Å². The maximum Gasteiger partial charge on any atom is 0.127 e. The molecule has 2 N–H and O–H groups in total. The summed E-state index contributed by atoms with van der Waals surface area (Å²) in [7, 11) is 0. The van der Waals surface area contributed by atoms with E-state index in [4.69, 9.17) is 10.5 Å². The number of rotatable bonds is 5. The van der Waals surface area contributed by atoms with E-state index in [9.17, 15) is 0 Å². The highest BCUT2D eigenvalue weighted by Crippen LogP contribution is 2.24. The standard InChI is InChI=1S/C15H17NOS/c1-18-15-8-6-14(7-9-15)17-13-4-2-12(3-5-13)10-11-16/h2-9H,10-11,16H2,1H3. The molecule has 0 radical (unpaired) electrons. The highest BCUT2D eigenvalue weighted by molar-refractivity contribution is 7.98.